The van der Waals surface area contributed by atoms with Gasteiger partial charge in [-0.1, -0.05) is 174 Å². The van der Waals surface area contributed by atoms with Crippen molar-refractivity contribution in [1.82, 2.24) is 4.57 Å². The molecule has 0 N–H and O–H groups in total. The van der Waals surface area contributed by atoms with Crippen LogP contribution in [-0.2, 0) is 48.7 Å². The minimum absolute atomic E-state index is 0.00283. The van der Waals surface area contributed by atoms with E-state index in [1.54, 1.807) is 0 Å². The van der Waals surface area contributed by atoms with Crippen LogP contribution in [0.15, 0.2) is 120 Å². The Morgan fingerprint density at radius 2 is 0.835 bits per heavy atom. The lowest BCUT2D eigenvalue weighted by Gasteiger charge is -2.47. The van der Waals surface area contributed by atoms with E-state index in [1.807, 2.05) is 0 Å². The number of rotatable bonds is 3. The molecule has 85 heavy (non-hydrogen) atoms. The lowest BCUT2D eigenvalue weighted by Crippen LogP contribution is -2.61. The lowest BCUT2D eigenvalue weighted by molar-refractivity contribution is 0.332. The predicted octanol–water partition coefficient (Wildman–Crippen LogP) is 20.3. The Kier molecular flexibility index (Phi) is 11.2. The van der Waals surface area contributed by atoms with Crippen LogP contribution < -0.4 is 26.4 Å². The van der Waals surface area contributed by atoms with Gasteiger partial charge in [0.25, 0.3) is 6.71 Å². The molecule has 0 atom stereocenters. The highest BCUT2D eigenvalue weighted by atomic mass is 16.3. The third-order valence-corrected chi connectivity index (χ3v) is 23.6. The van der Waals surface area contributed by atoms with Gasteiger partial charge in [0.1, 0.15) is 5.58 Å². The van der Waals surface area contributed by atoms with Crippen molar-refractivity contribution >= 4 is 90.2 Å². The summed E-state index contributed by atoms with van der Waals surface area (Å²) in [6, 6.07) is 47.4. The molecular weight excluding hydrogens is 1030 g/mol. The van der Waals surface area contributed by atoms with E-state index in [1.165, 1.54) is 135 Å². The molecule has 436 valence electrons. The minimum Gasteiger partial charge on any atom is -0.468 e. The van der Waals surface area contributed by atoms with Crippen molar-refractivity contribution in [3.05, 3.63) is 165 Å². The molecule has 4 aliphatic carbocycles. The second-order valence-electron chi connectivity index (χ2n) is 34.0. The summed E-state index contributed by atoms with van der Waals surface area (Å²) in [6.45, 7) is 46.5. The quantitative estimate of drug-likeness (QED) is 0.165. The number of hydrogen-bond acceptors (Lipinski definition) is 3. The van der Waals surface area contributed by atoms with Crippen LogP contribution in [-0.4, -0.2) is 11.3 Å². The van der Waals surface area contributed by atoms with Crippen molar-refractivity contribution in [2.75, 3.05) is 9.80 Å². The summed E-state index contributed by atoms with van der Waals surface area (Å²) in [7, 11) is 0. The first-order valence-corrected chi connectivity index (χ1v) is 32.6. The molecular formula is C80H92BN3O. The van der Waals surface area contributed by atoms with Crippen molar-refractivity contribution in [1.29, 1.82) is 0 Å². The van der Waals surface area contributed by atoms with Gasteiger partial charge in [0.05, 0.1) is 28.1 Å². The average Bonchev–Trinajstić information content (AvgIpc) is 1.69. The van der Waals surface area contributed by atoms with E-state index < -0.39 is 0 Å². The third-order valence-electron chi connectivity index (χ3n) is 23.6. The van der Waals surface area contributed by atoms with E-state index in [9.17, 15) is 0 Å². The van der Waals surface area contributed by atoms with Crippen LogP contribution in [0.1, 0.15) is 233 Å². The molecule has 0 radical (unpaired) electrons. The van der Waals surface area contributed by atoms with Crippen LogP contribution in [0.25, 0.3) is 38.5 Å². The zero-order chi connectivity index (χ0) is 60.0. The first-order chi connectivity index (χ1) is 39.7. The van der Waals surface area contributed by atoms with Crippen LogP contribution in [0.4, 0.5) is 34.1 Å². The van der Waals surface area contributed by atoms with Gasteiger partial charge in [-0.3, -0.25) is 0 Å². The Morgan fingerprint density at radius 1 is 0.376 bits per heavy atom. The van der Waals surface area contributed by atoms with Gasteiger partial charge in [0.2, 0.25) is 0 Å². The first-order valence-electron chi connectivity index (χ1n) is 32.6. The monoisotopic (exact) mass is 1120 g/mol. The zero-order valence-corrected chi connectivity index (χ0v) is 55.0. The highest BCUT2D eigenvalue weighted by molar-refractivity contribution is 7.00. The van der Waals surface area contributed by atoms with Gasteiger partial charge < -0.3 is 18.8 Å². The van der Waals surface area contributed by atoms with Crippen molar-refractivity contribution in [2.45, 2.75) is 232 Å². The standard InChI is InChI=1S/C80H92BN3O/c1-72(2,3)47-24-26-48(27-25-47)84-67-40-50(83-63-23-21-20-22-51(63)52-41-56-59(44-64(52)83)78(14,15)35-32-75(56,8)9)39-66-69(67)81(71-70(84)53-42-57-61(46-68(53)85-71)80(18,19)37-33-76(57,10)11)62-43-58-60(79(16,17)36-34-77(58,12)13)45-65(62)82(66)49-28-29-54-55(38-49)74(6,7)31-30-73(54,4)5/h20-29,38-46H,30-37H2,1-19H3. The van der Waals surface area contributed by atoms with Crippen LogP contribution in [0.5, 0.6) is 0 Å². The van der Waals surface area contributed by atoms with Gasteiger partial charge in [0.15, 0.2) is 0 Å². The fourth-order valence-corrected chi connectivity index (χ4v) is 17.4. The molecule has 15 rings (SSSR count). The molecule has 9 aromatic rings. The van der Waals surface area contributed by atoms with Crippen LogP contribution in [0, 0.1) is 0 Å². The number of benzene rings is 7. The van der Waals surface area contributed by atoms with Gasteiger partial charge in [0, 0.05) is 44.6 Å². The fourth-order valence-electron chi connectivity index (χ4n) is 17.4. The lowest BCUT2D eigenvalue weighted by atomic mass is 9.35. The summed E-state index contributed by atoms with van der Waals surface area (Å²) in [5, 5.41) is 3.83. The van der Waals surface area contributed by atoms with Gasteiger partial charge in [-0.25, -0.2) is 0 Å². The normalized spacial score (nSPS) is 21.2. The van der Waals surface area contributed by atoms with E-state index >= 15 is 0 Å². The van der Waals surface area contributed by atoms with Crippen molar-refractivity contribution in [3.8, 4) is 5.69 Å². The van der Waals surface area contributed by atoms with E-state index in [2.05, 4.69) is 261 Å². The second-order valence-corrected chi connectivity index (χ2v) is 34.0. The van der Waals surface area contributed by atoms with Gasteiger partial charge in [-0.2, -0.15) is 0 Å². The van der Waals surface area contributed by atoms with E-state index in [0.29, 0.717) is 0 Å². The molecule has 5 heteroatoms. The van der Waals surface area contributed by atoms with Crippen LogP contribution >= 0.6 is 0 Å². The fraction of sp³-hybridized carbons (Fsp3) is 0.450. The molecule has 2 aromatic heterocycles. The summed E-state index contributed by atoms with van der Waals surface area (Å²) in [5.74, 6) is 0. The molecule has 7 aromatic carbocycles. The third kappa shape index (κ3) is 7.84. The molecule has 0 unspecified atom stereocenters. The summed E-state index contributed by atoms with van der Waals surface area (Å²) >= 11 is 0. The number of para-hydroxylation sites is 1. The van der Waals surface area contributed by atoms with E-state index in [4.69, 9.17) is 4.42 Å². The number of anilines is 6. The highest BCUT2D eigenvalue weighted by Gasteiger charge is 2.51. The van der Waals surface area contributed by atoms with Gasteiger partial charge in [-0.15, -0.1) is 0 Å². The number of aromatic nitrogens is 1. The maximum Gasteiger partial charge on any atom is 0.297 e. The van der Waals surface area contributed by atoms with Crippen molar-refractivity contribution in [3.63, 3.8) is 0 Å². The Labute approximate surface area is 508 Å². The van der Waals surface area contributed by atoms with Gasteiger partial charge in [-0.05, 0) is 234 Å². The smallest absolute Gasteiger partial charge is 0.297 e. The molecule has 0 fully saturated rings. The predicted molar refractivity (Wildman–Crippen MR) is 364 cm³/mol. The van der Waals surface area contributed by atoms with Crippen LogP contribution in [0.3, 0.4) is 0 Å². The van der Waals surface area contributed by atoms with Crippen LogP contribution in [0.2, 0.25) is 0 Å². The average molecular weight is 1120 g/mol. The maximum absolute atomic E-state index is 7.90. The van der Waals surface area contributed by atoms with E-state index in [-0.39, 0.29) is 55.4 Å². The topological polar surface area (TPSA) is 24.6 Å². The molecule has 6 aliphatic rings. The maximum atomic E-state index is 7.90. The second kappa shape index (κ2) is 17.2. The molecule has 2 aliphatic heterocycles. The molecule has 0 saturated heterocycles. The first kappa shape index (κ1) is 55.1. The Hall–Kier alpha value is -6.46. The molecule has 4 nitrogen and oxygen atoms in total. The summed E-state index contributed by atoms with van der Waals surface area (Å²) in [4.78, 5) is 5.40. The Morgan fingerprint density at radius 3 is 1.40 bits per heavy atom. The number of hydrogen-bond donors (Lipinski definition) is 0. The zero-order valence-electron chi connectivity index (χ0n) is 55.0. The summed E-state index contributed by atoms with van der Waals surface area (Å²) in [6.07, 6.45) is 9.23. The van der Waals surface area contributed by atoms with Crippen molar-refractivity contribution in [2.24, 2.45) is 0 Å². The van der Waals surface area contributed by atoms with Crippen molar-refractivity contribution < 1.29 is 4.42 Å². The number of fused-ring (bicyclic) bond motifs is 13. The number of nitrogens with zero attached hydrogens (tertiary/aromatic N) is 3. The van der Waals surface area contributed by atoms with E-state index in [0.717, 1.165) is 55.5 Å². The Balaban J connectivity index is 1.13. The summed E-state index contributed by atoms with van der Waals surface area (Å²) < 4.78 is 10.6. The molecule has 0 amide bonds. The highest BCUT2D eigenvalue weighted by Crippen LogP contribution is 2.57. The largest absolute Gasteiger partial charge is 0.468 e. The molecule has 0 bridgehead atoms. The Bertz CT molecular complexity index is 4360. The molecule has 0 saturated carbocycles. The summed E-state index contributed by atoms with van der Waals surface area (Å²) in [5.41, 5.74) is 28.9. The molecule has 0 spiro atoms. The molecule has 4 heterocycles. The van der Waals surface area contributed by atoms with Gasteiger partial charge >= 0.3 is 0 Å². The minimum atomic E-state index is -0.191. The SMILES string of the molecule is CC(C)(C)c1ccc(N2c3cc(-n4c5ccccc5c5cc6c(cc54)C(C)(C)CCC6(C)C)cc4c3B(c3cc5c(cc3N4c3ccc4c(c3)C(C)(C)CCC4(C)C)C(C)(C)CCC5(C)C)c3oc4cc5c(cc4c32)C(C)(C)CCC5(C)C)cc1. The number of furan rings is 1.